The first-order valence-corrected chi connectivity index (χ1v) is 10.6. The Morgan fingerprint density at radius 3 is 2.64 bits per heavy atom. The molecule has 0 aromatic heterocycles. The Morgan fingerprint density at radius 1 is 1.29 bits per heavy atom. The lowest BCUT2D eigenvalue weighted by Gasteiger charge is -2.14. The Labute approximate surface area is 91.4 Å². The highest BCUT2D eigenvalue weighted by Gasteiger charge is 2.20. The van der Waals surface area contributed by atoms with Crippen LogP contribution < -0.4 is 5.19 Å². The van der Waals surface area contributed by atoms with Crippen LogP contribution in [0.25, 0.3) is 0 Å². The second kappa shape index (κ2) is 4.97. The summed E-state index contributed by atoms with van der Waals surface area (Å²) in [5.74, 6) is 0. The second-order valence-corrected chi connectivity index (χ2v) is 12.9. The van der Waals surface area contributed by atoms with Crippen molar-refractivity contribution in [2.75, 3.05) is 0 Å². The first-order valence-electron chi connectivity index (χ1n) is 5.18. The van der Waals surface area contributed by atoms with E-state index in [9.17, 15) is 0 Å². The lowest BCUT2D eigenvalue weighted by molar-refractivity contribution is 0.666. The average Bonchev–Trinajstić information content (AvgIpc) is 2.74. The molecule has 0 saturated heterocycles. The molecule has 14 heavy (non-hydrogen) atoms. The summed E-state index contributed by atoms with van der Waals surface area (Å²) in [4.78, 5) is 0. The van der Waals surface area contributed by atoms with Gasteiger partial charge in [-0.2, -0.15) is 0 Å². The molecule has 0 spiro atoms. The number of hydrogen-bond donors (Lipinski definition) is 0. The van der Waals surface area contributed by atoms with Crippen LogP contribution >= 0.6 is 0 Å². The fourth-order valence-corrected chi connectivity index (χ4v) is 14.4. The standard InChI is InChI=1S/C10H16OSi3/c12-11-14(13-8-4-5-9-13)10-6-2-1-3-7-10/h1-3,6-8,14H,4-5,9H2,12H3. The molecule has 1 nitrogen and oxygen atoms in total. The van der Waals surface area contributed by atoms with E-state index in [2.05, 4.69) is 36.0 Å². The van der Waals surface area contributed by atoms with Gasteiger partial charge in [0.15, 0.2) is 8.56 Å². The van der Waals surface area contributed by atoms with E-state index in [-0.39, 0.29) is 7.93 Å². The van der Waals surface area contributed by atoms with Crippen LogP contribution in [0.3, 0.4) is 0 Å². The molecule has 0 radical (unpaired) electrons. The van der Waals surface area contributed by atoms with Gasteiger partial charge >= 0.3 is 0 Å². The molecule has 1 atom stereocenters. The molecule has 1 aliphatic rings. The minimum atomic E-state index is -1.02. The molecule has 4 heteroatoms. The molecule has 0 aliphatic carbocycles. The van der Waals surface area contributed by atoms with Crippen molar-refractivity contribution >= 4 is 37.8 Å². The lowest BCUT2D eigenvalue weighted by Crippen LogP contribution is -2.43. The van der Waals surface area contributed by atoms with Gasteiger partial charge < -0.3 is 4.12 Å². The van der Waals surface area contributed by atoms with Crippen molar-refractivity contribution < 1.29 is 4.12 Å². The van der Waals surface area contributed by atoms with Crippen molar-refractivity contribution in [1.29, 1.82) is 0 Å². The van der Waals surface area contributed by atoms with Crippen LogP contribution in [0.2, 0.25) is 6.04 Å². The maximum Gasteiger partial charge on any atom is 0.198 e. The summed E-state index contributed by atoms with van der Waals surface area (Å²) in [5, 5.41) is 1.52. The predicted octanol–water partition coefficient (Wildman–Crippen LogP) is -0.335. The number of benzene rings is 1. The van der Waals surface area contributed by atoms with Gasteiger partial charge in [-0.25, -0.2) is 0 Å². The molecule has 0 bridgehead atoms. The maximum absolute atomic E-state index is 5.91. The van der Waals surface area contributed by atoms with E-state index in [4.69, 9.17) is 4.12 Å². The molecule has 0 N–H and O–H groups in total. The van der Waals surface area contributed by atoms with Gasteiger partial charge in [-0.3, -0.25) is 0 Å². The molecule has 74 valence electrons. The molecule has 1 aromatic rings. The first-order chi connectivity index (χ1) is 6.92. The van der Waals surface area contributed by atoms with Crippen LogP contribution in [0.5, 0.6) is 0 Å². The van der Waals surface area contributed by atoms with Crippen molar-refractivity contribution in [3.63, 3.8) is 0 Å². The third-order valence-corrected chi connectivity index (χ3v) is 14.8. The van der Waals surface area contributed by atoms with Crippen LogP contribution in [0.1, 0.15) is 12.8 Å². The molecule has 0 fully saturated rings. The van der Waals surface area contributed by atoms with Crippen LogP contribution in [0.4, 0.5) is 0 Å². The normalized spacial score (nSPS) is 18.1. The third kappa shape index (κ3) is 2.20. The zero-order valence-electron chi connectivity index (χ0n) is 8.57. The largest absolute Gasteiger partial charge is 0.462 e. The fourth-order valence-electron chi connectivity index (χ4n) is 2.06. The van der Waals surface area contributed by atoms with Crippen molar-refractivity contribution in [2.45, 2.75) is 18.9 Å². The summed E-state index contributed by atoms with van der Waals surface area (Å²) in [6, 6.07) is 12.4. The van der Waals surface area contributed by atoms with E-state index < -0.39 is 8.56 Å². The zero-order valence-corrected chi connectivity index (χ0v) is 12.7. The molecular formula is C10H16OSi3. The van der Waals surface area contributed by atoms with E-state index in [1.54, 1.807) is 0 Å². The Bertz CT molecular complexity index is 323. The predicted molar refractivity (Wildman–Crippen MR) is 70.1 cm³/mol. The van der Waals surface area contributed by atoms with Crippen LogP contribution in [-0.2, 0) is 4.12 Å². The Balaban J connectivity index is 2.21. The van der Waals surface area contributed by atoms with Gasteiger partial charge in [-0.15, -0.1) is 5.67 Å². The minimum Gasteiger partial charge on any atom is -0.462 e. The summed E-state index contributed by atoms with van der Waals surface area (Å²) in [7, 11) is -0.334. The molecule has 2 rings (SSSR count). The quantitative estimate of drug-likeness (QED) is 0.653. The topological polar surface area (TPSA) is 9.23 Å². The number of rotatable bonds is 3. The summed E-state index contributed by atoms with van der Waals surface area (Å²) >= 11 is 0. The first kappa shape index (κ1) is 10.2. The van der Waals surface area contributed by atoms with E-state index in [0.29, 0.717) is 0 Å². The lowest BCUT2D eigenvalue weighted by atomic mass is 10.4. The monoisotopic (exact) mass is 236 g/mol. The van der Waals surface area contributed by atoms with E-state index in [0.717, 1.165) is 10.5 Å². The van der Waals surface area contributed by atoms with Gasteiger partial charge in [0.1, 0.15) is 10.5 Å². The Hall–Kier alpha value is -0.299. The maximum atomic E-state index is 5.91. The van der Waals surface area contributed by atoms with Gasteiger partial charge in [0.25, 0.3) is 0 Å². The second-order valence-electron chi connectivity index (χ2n) is 3.70. The molecule has 1 aliphatic heterocycles. The van der Waals surface area contributed by atoms with Gasteiger partial charge in [-0.1, -0.05) is 30.3 Å². The molecular weight excluding hydrogens is 220 g/mol. The molecule has 0 saturated carbocycles. The summed E-state index contributed by atoms with van der Waals surface area (Å²) in [5.41, 5.74) is 2.59. The molecule has 1 heterocycles. The Morgan fingerprint density at radius 2 is 2.07 bits per heavy atom. The third-order valence-electron chi connectivity index (χ3n) is 2.75. The van der Waals surface area contributed by atoms with Crippen molar-refractivity contribution in [2.24, 2.45) is 0 Å². The fraction of sp³-hybridized carbons (Fsp3) is 0.300. The molecule has 1 unspecified atom stereocenters. The van der Waals surface area contributed by atoms with Gasteiger partial charge in [-0.05, 0) is 24.1 Å². The molecule has 0 amide bonds. The van der Waals surface area contributed by atoms with Crippen molar-refractivity contribution in [3.05, 3.63) is 30.3 Å². The Kier molecular flexibility index (Phi) is 3.63. The van der Waals surface area contributed by atoms with Crippen molar-refractivity contribution in [1.82, 2.24) is 0 Å². The SMILES string of the molecule is [SiH3]O[SiH](c1ccccc1)[Si]1=CCCC1. The highest BCUT2D eigenvalue weighted by atomic mass is 29.2. The highest BCUT2D eigenvalue weighted by Crippen LogP contribution is 2.06. The average molecular weight is 236 g/mol. The van der Waals surface area contributed by atoms with Gasteiger partial charge in [0.05, 0.1) is 0 Å². The number of hydrogen-bond acceptors (Lipinski definition) is 1. The summed E-state index contributed by atoms with van der Waals surface area (Å²) < 4.78 is 5.91. The van der Waals surface area contributed by atoms with Gasteiger partial charge in [0.2, 0.25) is 0 Å². The van der Waals surface area contributed by atoms with Crippen LogP contribution in [-0.4, -0.2) is 32.6 Å². The van der Waals surface area contributed by atoms with Crippen LogP contribution in [0.15, 0.2) is 30.3 Å². The summed E-state index contributed by atoms with van der Waals surface area (Å²) in [6.45, 7) is 0. The summed E-state index contributed by atoms with van der Waals surface area (Å²) in [6.07, 6.45) is 2.76. The smallest absolute Gasteiger partial charge is 0.198 e. The van der Waals surface area contributed by atoms with Crippen molar-refractivity contribution in [3.8, 4) is 0 Å². The van der Waals surface area contributed by atoms with Crippen LogP contribution in [0, 0.1) is 0 Å². The highest BCUT2D eigenvalue weighted by molar-refractivity contribution is 7.26. The minimum absolute atomic E-state index is 0.227. The van der Waals surface area contributed by atoms with E-state index in [1.807, 2.05) is 0 Å². The van der Waals surface area contributed by atoms with Gasteiger partial charge in [0, 0.05) is 7.93 Å². The molecule has 1 aromatic carbocycles. The van der Waals surface area contributed by atoms with E-state index >= 15 is 0 Å². The van der Waals surface area contributed by atoms with E-state index in [1.165, 1.54) is 24.1 Å². The zero-order chi connectivity index (χ0) is 9.80.